The third-order valence-electron chi connectivity index (χ3n) is 3.93. The Balaban J connectivity index is 1.83. The summed E-state index contributed by atoms with van der Waals surface area (Å²) in [6, 6.07) is 13.4. The van der Waals surface area contributed by atoms with Crippen molar-refractivity contribution in [2.75, 3.05) is 0 Å². The van der Waals surface area contributed by atoms with Gasteiger partial charge >= 0.3 is 5.97 Å². The largest absolute Gasteiger partial charge is 0.489 e. The number of halogens is 1. The number of hydrogen-bond acceptors (Lipinski definition) is 3. The number of carboxylic acids is 1. The minimum atomic E-state index is -0.869. The Morgan fingerprint density at radius 2 is 2.00 bits per heavy atom. The second-order valence-corrected chi connectivity index (χ2v) is 7.43. The number of fused-ring (bicyclic) bond motifs is 1. The van der Waals surface area contributed by atoms with Crippen molar-refractivity contribution in [3.63, 3.8) is 0 Å². The van der Waals surface area contributed by atoms with Crippen LogP contribution in [0.5, 0.6) is 5.75 Å². The van der Waals surface area contributed by atoms with Gasteiger partial charge in [-0.3, -0.25) is 4.79 Å². The summed E-state index contributed by atoms with van der Waals surface area (Å²) >= 11 is 2.27. The van der Waals surface area contributed by atoms with Crippen molar-refractivity contribution in [2.45, 2.75) is 32.8 Å². The molecular weight excluding hydrogens is 431 g/mol. The van der Waals surface area contributed by atoms with E-state index < -0.39 is 5.97 Å². The van der Waals surface area contributed by atoms with Crippen LogP contribution in [-0.4, -0.2) is 11.1 Å². The van der Waals surface area contributed by atoms with Crippen molar-refractivity contribution < 1.29 is 19.1 Å². The smallest absolute Gasteiger partial charge is 0.307 e. The van der Waals surface area contributed by atoms with E-state index in [-0.39, 0.29) is 6.42 Å². The third-order valence-corrected chi connectivity index (χ3v) is 4.73. The highest BCUT2D eigenvalue weighted by Gasteiger charge is 2.12. The molecule has 0 aliphatic carbocycles. The molecular formula is C20H19IO4. The zero-order chi connectivity index (χ0) is 18.0. The zero-order valence-corrected chi connectivity index (χ0v) is 16.2. The Morgan fingerprint density at radius 1 is 1.24 bits per heavy atom. The molecule has 25 heavy (non-hydrogen) atoms. The van der Waals surface area contributed by atoms with Crippen LogP contribution in [0.4, 0.5) is 0 Å². The predicted octanol–water partition coefficient (Wildman–Crippen LogP) is 5.37. The molecule has 0 bridgehead atoms. The van der Waals surface area contributed by atoms with Crippen LogP contribution >= 0.6 is 22.6 Å². The molecule has 1 aromatic heterocycles. The number of furan rings is 1. The van der Waals surface area contributed by atoms with Crippen LogP contribution in [0.15, 0.2) is 46.9 Å². The van der Waals surface area contributed by atoms with E-state index in [2.05, 4.69) is 48.6 Å². The SMILES string of the molecule is CC(C)c1cc2cc(COc3ccccc3CC(=O)O)cc(I)c2o1. The number of hydrogen-bond donors (Lipinski definition) is 1. The molecule has 2 aromatic carbocycles. The summed E-state index contributed by atoms with van der Waals surface area (Å²) in [5.74, 6) is 1.05. The van der Waals surface area contributed by atoms with E-state index in [1.807, 2.05) is 18.2 Å². The first-order valence-electron chi connectivity index (χ1n) is 8.08. The van der Waals surface area contributed by atoms with E-state index in [1.54, 1.807) is 12.1 Å². The Labute approximate surface area is 159 Å². The molecule has 130 valence electrons. The van der Waals surface area contributed by atoms with Crippen molar-refractivity contribution in [3.05, 3.63) is 62.9 Å². The number of rotatable bonds is 6. The molecule has 1 N–H and O–H groups in total. The Hall–Kier alpha value is -2.02. The van der Waals surface area contributed by atoms with Crippen molar-refractivity contribution in [1.29, 1.82) is 0 Å². The van der Waals surface area contributed by atoms with Gasteiger partial charge in [-0.1, -0.05) is 32.0 Å². The van der Waals surface area contributed by atoms with Gasteiger partial charge in [-0.15, -0.1) is 0 Å². The third kappa shape index (κ3) is 4.15. The summed E-state index contributed by atoms with van der Waals surface area (Å²) in [5.41, 5.74) is 2.61. The Bertz CT molecular complexity index is 911. The van der Waals surface area contributed by atoms with E-state index in [9.17, 15) is 4.79 Å². The van der Waals surface area contributed by atoms with Gasteiger partial charge in [0, 0.05) is 16.9 Å². The molecule has 1 heterocycles. The molecule has 0 unspecified atom stereocenters. The zero-order valence-electron chi connectivity index (χ0n) is 14.1. The Morgan fingerprint density at radius 3 is 2.72 bits per heavy atom. The van der Waals surface area contributed by atoms with Gasteiger partial charge in [0.2, 0.25) is 0 Å². The molecule has 0 spiro atoms. The fraction of sp³-hybridized carbons (Fsp3) is 0.250. The van der Waals surface area contributed by atoms with Crippen LogP contribution in [0.2, 0.25) is 0 Å². The topological polar surface area (TPSA) is 59.7 Å². The maximum atomic E-state index is 11.0. The summed E-state index contributed by atoms with van der Waals surface area (Å²) in [7, 11) is 0. The highest BCUT2D eigenvalue weighted by molar-refractivity contribution is 14.1. The first-order valence-corrected chi connectivity index (χ1v) is 9.16. The summed E-state index contributed by atoms with van der Waals surface area (Å²) in [6.07, 6.45) is -0.0494. The lowest BCUT2D eigenvalue weighted by Gasteiger charge is -2.10. The fourth-order valence-corrected chi connectivity index (χ4v) is 3.49. The number of para-hydroxylation sites is 1. The van der Waals surface area contributed by atoms with Crippen LogP contribution in [0, 0.1) is 3.57 Å². The number of carboxylic acid groups (broad SMARTS) is 1. The molecule has 0 saturated heterocycles. The van der Waals surface area contributed by atoms with Gasteiger partial charge in [0.25, 0.3) is 0 Å². The minimum absolute atomic E-state index is 0.0494. The van der Waals surface area contributed by atoms with E-state index >= 15 is 0 Å². The van der Waals surface area contributed by atoms with Gasteiger partial charge in [-0.05, 0) is 52.4 Å². The van der Waals surface area contributed by atoms with Crippen molar-refractivity contribution in [1.82, 2.24) is 0 Å². The van der Waals surface area contributed by atoms with Gasteiger partial charge in [-0.2, -0.15) is 0 Å². The first-order chi connectivity index (χ1) is 11.9. The lowest BCUT2D eigenvalue weighted by Crippen LogP contribution is -2.04. The van der Waals surface area contributed by atoms with Crippen LogP contribution < -0.4 is 4.74 Å². The Kier molecular flexibility index (Phi) is 5.32. The molecule has 0 fully saturated rings. The van der Waals surface area contributed by atoms with Crippen molar-refractivity contribution >= 4 is 39.5 Å². The normalized spacial score (nSPS) is 11.2. The average Bonchev–Trinajstić information content (AvgIpc) is 2.98. The lowest BCUT2D eigenvalue weighted by atomic mass is 10.1. The monoisotopic (exact) mass is 450 g/mol. The number of aliphatic carboxylic acids is 1. The first kappa shape index (κ1) is 17.8. The van der Waals surface area contributed by atoms with Gasteiger partial charge in [0.05, 0.1) is 9.99 Å². The van der Waals surface area contributed by atoms with Crippen LogP contribution in [-0.2, 0) is 17.8 Å². The second-order valence-electron chi connectivity index (χ2n) is 6.27. The number of benzene rings is 2. The molecule has 0 radical (unpaired) electrons. The molecule has 0 atom stereocenters. The molecule has 5 heteroatoms. The highest BCUT2D eigenvalue weighted by Crippen LogP contribution is 2.30. The lowest BCUT2D eigenvalue weighted by molar-refractivity contribution is -0.136. The molecule has 0 aliphatic rings. The van der Waals surface area contributed by atoms with Gasteiger partial charge in [0.1, 0.15) is 23.7 Å². The maximum Gasteiger partial charge on any atom is 0.307 e. The highest BCUT2D eigenvalue weighted by atomic mass is 127. The predicted molar refractivity (Wildman–Crippen MR) is 105 cm³/mol. The summed E-state index contributed by atoms with van der Waals surface area (Å²) < 4.78 is 12.9. The summed E-state index contributed by atoms with van der Waals surface area (Å²) in [5, 5.41) is 10.1. The van der Waals surface area contributed by atoms with Crippen LogP contribution in [0.25, 0.3) is 11.0 Å². The molecule has 3 rings (SSSR count). The molecule has 3 aromatic rings. The standard InChI is InChI=1S/C20H19IO4/c1-12(2)18-9-15-7-13(8-16(21)20(15)25-18)11-24-17-6-4-3-5-14(17)10-19(22)23/h3-9,12H,10-11H2,1-2H3,(H,22,23). The van der Waals surface area contributed by atoms with Crippen LogP contribution in [0.1, 0.15) is 36.7 Å². The minimum Gasteiger partial charge on any atom is -0.489 e. The van der Waals surface area contributed by atoms with E-state index in [0.717, 1.165) is 25.9 Å². The molecule has 0 saturated carbocycles. The van der Waals surface area contributed by atoms with Crippen molar-refractivity contribution in [3.8, 4) is 5.75 Å². The molecule has 4 nitrogen and oxygen atoms in total. The molecule has 0 aliphatic heterocycles. The maximum absolute atomic E-state index is 11.0. The van der Waals surface area contributed by atoms with Gasteiger partial charge in [0.15, 0.2) is 0 Å². The van der Waals surface area contributed by atoms with Gasteiger partial charge < -0.3 is 14.3 Å². The summed E-state index contributed by atoms with van der Waals surface area (Å²) in [6.45, 7) is 4.59. The van der Waals surface area contributed by atoms with Crippen LogP contribution in [0.3, 0.4) is 0 Å². The average molecular weight is 450 g/mol. The summed E-state index contributed by atoms with van der Waals surface area (Å²) in [4.78, 5) is 11.0. The quantitative estimate of drug-likeness (QED) is 0.514. The van der Waals surface area contributed by atoms with Gasteiger partial charge in [-0.25, -0.2) is 0 Å². The number of carbonyl (C=O) groups is 1. The van der Waals surface area contributed by atoms with Crippen molar-refractivity contribution in [2.24, 2.45) is 0 Å². The van der Waals surface area contributed by atoms with E-state index in [1.165, 1.54) is 0 Å². The molecule has 0 amide bonds. The van der Waals surface area contributed by atoms with E-state index in [0.29, 0.717) is 23.8 Å². The number of ether oxygens (including phenoxy) is 1. The second kappa shape index (κ2) is 7.47. The van der Waals surface area contributed by atoms with E-state index in [4.69, 9.17) is 14.3 Å². The fourth-order valence-electron chi connectivity index (χ4n) is 2.67.